The molecule has 1 atom stereocenters. The molecule has 1 amide bonds. The second-order valence-corrected chi connectivity index (χ2v) is 6.29. The Hall–Kier alpha value is -3.41. The molecule has 0 spiro atoms. The lowest BCUT2D eigenvalue weighted by Crippen LogP contribution is -2.27. The summed E-state index contributed by atoms with van der Waals surface area (Å²) in [6, 6.07) is 9.95. The Labute approximate surface area is 150 Å². The van der Waals surface area contributed by atoms with Crippen LogP contribution in [0, 0.1) is 0 Å². The van der Waals surface area contributed by atoms with Gasteiger partial charge >= 0.3 is 0 Å². The number of para-hydroxylation sites is 1. The molecule has 0 radical (unpaired) electrons. The number of nitrogens with one attached hydrogen (secondary N) is 2. The van der Waals surface area contributed by atoms with E-state index in [0.29, 0.717) is 0 Å². The van der Waals surface area contributed by atoms with Crippen LogP contribution in [0.3, 0.4) is 0 Å². The Morgan fingerprint density at radius 1 is 1.23 bits per heavy atom. The van der Waals surface area contributed by atoms with Gasteiger partial charge in [-0.1, -0.05) is 18.2 Å². The van der Waals surface area contributed by atoms with Crippen LogP contribution in [0.2, 0.25) is 0 Å². The first-order chi connectivity index (χ1) is 12.6. The molecule has 0 aliphatic rings. The number of aromatic nitrogens is 4. The van der Waals surface area contributed by atoms with Gasteiger partial charge in [0.15, 0.2) is 5.65 Å². The highest BCUT2D eigenvalue weighted by molar-refractivity contribution is 5.93. The zero-order chi connectivity index (χ0) is 18.1. The maximum atomic E-state index is 12.6. The van der Waals surface area contributed by atoms with Crippen LogP contribution >= 0.6 is 0 Å². The van der Waals surface area contributed by atoms with Crippen LogP contribution in [0.1, 0.15) is 24.1 Å². The lowest BCUT2D eigenvalue weighted by Gasteiger charge is -2.23. The molecule has 0 aliphatic heterocycles. The quantitative estimate of drug-likeness (QED) is 0.554. The lowest BCUT2D eigenvalue weighted by molar-refractivity contribution is -0.126. The third kappa shape index (κ3) is 2.86. The molecule has 0 saturated heterocycles. The number of H-pyrrole nitrogens is 2. The largest absolute Gasteiger partial charge is 0.361 e. The second kappa shape index (κ2) is 6.48. The van der Waals surface area contributed by atoms with E-state index in [9.17, 15) is 4.79 Å². The SMILES string of the molecule is CC(c1c[nH]c2ccccc12)N(C)C(=O)/C=C/c1cnc2[nH]cnc2c1. The van der Waals surface area contributed by atoms with Crippen molar-refractivity contribution < 1.29 is 4.79 Å². The number of fused-ring (bicyclic) bond motifs is 2. The molecule has 3 aromatic heterocycles. The van der Waals surface area contributed by atoms with Crippen molar-refractivity contribution in [3.63, 3.8) is 0 Å². The first-order valence-electron chi connectivity index (χ1n) is 8.43. The average Bonchev–Trinajstić information content (AvgIpc) is 3.31. The van der Waals surface area contributed by atoms with Crippen LogP contribution in [0.4, 0.5) is 0 Å². The number of amides is 1. The van der Waals surface area contributed by atoms with E-state index in [1.54, 1.807) is 29.6 Å². The summed E-state index contributed by atoms with van der Waals surface area (Å²) < 4.78 is 0. The normalized spacial score (nSPS) is 12.8. The van der Waals surface area contributed by atoms with E-state index in [2.05, 4.69) is 26.0 Å². The van der Waals surface area contributed by atoms with Crippen molar-refractivity contribution in [3.8, 4) is 0 Å². The number of nitrogens with zero attached hydrogens (tertiary/aromatic N) is 3. The minimum absolute atomic E-state index is 0.0461. The number of carbonyl (C=O) groups excluding carboxylic acids is 1. The second-order valence-electron chi connectivity index (χ2n) is 6.29. The van der Waals surface area contributed by atoms with Gasteiger partial charge in [-0.2, -0.15) is 0 Å². The molecule has 2 N–H and O–H groups in total. The Morgan fingerprint density at radius 3 is 2.96 bits per heavy atom. The molecule has 6 nitrogen and oxygen atoms in total. The van der Waals surface area contributed by atoms with Gasteiger partial charge < -0.3 is 14.9 Å². The van der Waals surface area contributed by atoms with Gasteiger partial charge in [-0.25, -0.2) is 9.97 Å². The van der Waals surface area contributed by atoms with E-state index in [0.717, 1.165) is 33.2 Å². The summed E-state index contributed by atoms with van der Waals surface area (Å²) >= 11 is 0. The lowest BCUT2D eigenvalue weighted by atomic mass is 10.1. The number of carbonyl (C=O) groups is 1. The minimum atomic E-state index is -0.0649. The van der Waals surface area contributed by atoms with Crippen molar-refractivity contribution in [2.45, 2.75) is 13.0 Å². The van der Waals surface area contributed by atoms with Crippen molar-refractivity contribution in [2.24, 2.45) is 0 Å². The number of imidazole rings is 1. The smallest absolute Gasteiger partial charge is 0.246 e. The average molecular weight is 345 g/mol. The van der Waals surface area contributed by atoms with Crippen LogP contribution in [0.25, 0.3) is 28.1 Å². The minimum Gasteiger partial charge on any atom is -0.361 e. The van der Waals surface area contributed by atoms with Crippen molar-refractivity contribution in [1.29, 1.82) is 0 Å². The fraction of sp³-hybridized carbons (Fsp3) is 0.150. The monoisotopic (exact) mass is 345 g/mol. The van der Waals surface area contributed by atoms with E-state index in [-0.39, 0.29) is 11.9 Å². The van der Waals surface area contributed by atoms with Gasteiger partial charge in [-0.3, -0.25) is 4.79 Å². The molecule has 0 bridgehead atoms. The van der Waals surface area contributed by atoms with E-state index in [4.69, 9.17) is 0 Å². The van der Waals surface area contributed by atoms with Crippen LogP contribution < -0.4 is 0 Å². The summed E-state index contributed by atoms with van der Waals surface area (Å²) in [5, 5.41) is 1.14. The maximum Gasteiger partial charge on any atom is 0.246 e. The van der Waals surface area contributed by atoms with E-state index in [1.807, 2.05) is 44.4 Å². The molecule has 26 heavy (non-hydrogen) atoms. The number of hydrogen-bond acceptors (Lipinski definition) is 3. The molecular weight excluding hydrogens is 326 g/mol. The number of hydrogen-bond donors (Lipinski definition) is 2. The number of rotatable bonds is 4. The molecule has 130 valence electrons. The Morgan fingerprint density at radius 2 is 2.08 bits per heavy atom. The van der Waals surface area contributed by atoms with Crippen LogP contribution in [0.5, 0.6) is 0 Å². The molecule has 1 unspecified atom stereocenters. The maximum absolute atomic E-state index is 12.6. The Bertz CT molecular complexity index is 1110. The van der Waals surface area contributed by atoms with Gasteiger partial charge in [0.1, 0.15) is 5.52 Å². The van der Waals surface area contributed by atoms with Crippen molar-refractivity contribution in [3.05, 3.63) is 66.3 Å². The van der Waals surface area contributed by atoms with Crippen LogP contribution in [0.15, 0.2) is 55.1 Å². The van der Waals surface area contributed by atoms with Crippen LogP contribution in [-0.2, 0) is 4.79 Å². The molecule has 3 heterocycles. The molecular formula is C20H19N5O. The number of benzene rings is 1. The fourth-order valence-corrected chi connectivity index (χ4v) is 3.06. The first-order valence-corrected chi connectivity index (χ1v) is 8.43. The highest BCUT2D eigenvalue weighted by atomic mass is 16.2. The third-order valence-electron chi connectivity index (χ3n) is 4.71. The van der Waals surface area contributed by atoms with Gasteiger partial charge in [0.25, 0.3) is 0 Å². The van der Waals surface area contributed by atoms with Crippen molar-refractivity contribution >= 4 is 34.1 Å². The van der Waals surface area contributed by atoms with Crippen molar-refractivity contribution in [2.75, 3.05) is 7.05 Å². The summed E-state index contributed by atoms with van der Waals surface area (Å²) in [7, 11) is 1.81. The van der Waals surface area contributed by atoms with Gasteiger partial charge in [-0.15, -0.1) is 0 Å². The standard InChI is InChI=1S/C20H19N5O/c1-13(16-11-21-17-6-4-3-5-15(16)17)25(2)19(26)8-7-14-9-18-20(22-10-14)24-12-23-18/h3-13,21H,1-2H3,(H,22,23,24)/b8-7+. The Balaban J connectivity index is 1.53. The fourth-order valence-electron chi connectivity index (χ4n) is 3.06. The summed E-state index contributed by atoms with van der Waals surface area (Å²) in [5.41, 5.74) is 4.53. The van der Waals surface area contributed by atoms with Gasteiger partial charge in [0, 0.05) is 36.4 Å². The van der Waals surface area contributed by atoms with E-state index < -0.39 is 0 Å². The molecule has 6 heteroatoms. The summed E-state index contributed by atoms with van der Waals surface area (Å²) in [6.07, 6.45) is 8.63. The van der Waals surface area contributed by atoms with Crippen molar-refractivity contribution in [1.82, 2.24) is 24.8 Å². The molecule has 4 aromatic rings. The zero-order valence-electron chi connectivity index (χ0n) is 14.6. The molecule has 0 aliphatic carbocycles. The van der Waals surface area contributed by atoms with Gasteiger partial charge in [-0.05, 0) is 36.3 Å². The summed E-state index contributed by atoms with van der Waals surface area (Å²) in [5.74, 6) is -0.0649. The number of likely N-dealkylation sites (N-methyl/N-ethyl adjacent to an activating group) is 1. The molecule has 0 fully saturated rings. The topological polar surface area (TPSA) is 77.7 Å². The molecule has 4 rings (SSSR count). The first kappa shape index (κ1) is 16.1. The van der Waals surface area contributed by atoms with Crippen LogP contribution in [-0.4, -0.2) is 37.8 Å². The summed E-state index contributed by atoms with van der Waals surface area (Å²) in [6.45, 7) is 2.03. The van der Waals surface area contributed by atoms with Gasteiger partial charge in [0.2, 0.25) is 5.91 Å². The number of aromatic amines is 2. The Kier molecular flexibility index (Phi) is 4.01. The zero-order valence-corrected chi connectivity index (χ0v) is 14.6. The number of pyridine rings is 1. The summed E-state index contributed by atoms with van der Waals surface area (Å²) in [4.78, 5) is 29.0. The third-order valence-corrected chi connectivity index (χ3v) is 4.71. The highest BCUT2D eigenvalue weighted by Gasteiger charge is 2.18. The van der Waals surface area contributed by atoms with Gasteiger partial charge in [0.05, 0.1) is 12.4 Å². The van der Waals surface area contributed by atoms with E-state index >= 15 is 0 Å². The van der Waals surface area contributed by atoms with E-state index in [1.165, 1.54) is 0 Å². The predicted octanol–water partition coefficient (Wildman–Crippen LogP) is 3.67. The molecule has 1 aromatic carbocycles. The highest BCUT2D eigenvalue weighted by Crippen LogP contribution is 2.27. The molecule has 0 saturated carbocycles. The predicted molar refractivity (Wildman–Crippen MR) is 102 cm³/mol.